The number of halogens is 2. The Labute approximate surface area is 153 Å². The lowest BCUT2D eigenvalue weighted by molar-refractivity contribution is 0.587. The second-order valence-corrected chi connectivity index (χ2v) is 6.43. The van der Waals surface area contributed by atoms with Crippen LogP contribution in [0.2, 0.25) is 0 Å². The Hall–Kier alpha value is -2.18. The van der Waals surface area contributed by atoms with Crippen LogP contribution in [0, 0.1) is 11.6 Å². The van der Waals surface area contributed by atoms with Crippen molar-refractivity contribution < 1.29 is 8.78 Å². The smallest absolute Gasteiger partial charge is 0.123 e. The van der Waals surface area contributed by atoms with Crippen LogP contribution in [-0.2, 0) is 0 Å². The monoisotopic (exact) mass is 360 g/mol. The van der Waals surface area contributed by atoms with Crippen LogP contribution in [0.1, 0.15) is 0 Å². The molecule has 0 aromatic heterocycles. The van der Waals surface area contributed by atoms with Crippen molar-refractivity contribution in [2.45, 2.75) is 0 Å². The van der Waals surface area contributed by atoms with Gasteiger partial charge in [-0.2, -0.15) is 0 Å². The highest BCUT2D eigenvalue weighted by atomic mass is 19.1. The summed E-state index contributed by atoms with van der Waals surface area (Å²) in [5.41, 5.74) is 2.23. The zero-order valence-corrected chi connectivity index (χ0v) is 14.9. The van der Waals surface area contributed by atoms with Crippen molar-refractivity contribution in [2.75, 3.05) is 62.2 Å². The summed E-state index contributed by atoms with van der Waals surface area (Å²) in [6.45, 7) is 8.07. The molecule has 2 aliphatic heterocycles. The number of hydrogen-bond acceptors (Lipinski definition) is 4. The van der Waals surface area contributed by atoms with E-state index >= 15 is 0 Å². The lowest BCUT2D eigenvalue weighted by Gasteiger charge is -2.29. The van der Waals surface area contributed by atoms with Gasteiger partial charge in [0, 0.05) is 63.7 Å². The van der Waals surface area contributed by atoms with E-state index in [0.717, 1.165) is 63.7 Å². The lowest BCUT2D eigenvalue weighted by Crippen LogP contribution is -2.43. The molecule has 2 aliphatic rings. The summed E-state index contributed by atoms with van der Waals surface area (Å²) in [5, 5.41) is 6.56. The van der Waals surface area contributed by atoms with Crippen LogP contribution in [0.3, 0.4) is 0 Å². The summed E-state index contributed by atoms with van der Waals surface area (Å²) in [7, 11) is 0. The minimum absolute atomic E-state index is 0.168. The number of nitrogens with zero attached hydrogens (tertiary/aromatic N) is 2. The zero-order chi connectivity index (χ0) is 18.2. The van der Waals surface area contributed by atoms with E-state index in [1.165, 1.54) is 24.3 Å². The minimum atomic E-state index is -0.168. The number of piperazine rings is 2. The predicted octanol–water partition coefficient (Wildman–Crippen LogP) is 2.47. The Morgan fingerprint density at radius 1 is 0.538 bits per heavy atom. The Balaban J connectivity index is 0.000000151. The average Bonchev–Trinajstić information content (AvgIpc) is 2.71. The van der Waals surface area contributed by atoms with Gasteiger partial charge < -0.3 is 20.4 Å². The molecule has 26 heavy (non-hydrogen) atoms. The number of hydrogen-bond donors (Lipinski definition) is 2. The Bertz CT molecular complexity index is 589. The van der Waals surface area contributed by atoms with Crippen molar-refractivity contribution in [2.24, 2.45) is 0 Å². The van der Waals surface area contributed by atoms with E-state index in [2.05, 4.69) is 20.4 Å². The molecule has 0 saturated carbocycles. The summed E-state index contributed by atoms with van der Waals surface area (Å²) in [6.07, 6.45) is 0. The SMILES string of the molecule is Fc1ccc(N2CCNCC2)cc1.Fc1ccc(N2CCNCC2)cc1. The summed E-state index contributed by atoms with van der Waals surface area (Å²) in [4.78, 5) is 4.52. The molecular weight excluding hydrogens is 334 g/mol. The molecule has 140 valence electrons. The van der Waals surface area contributed by atoms with Crippen LogP contribution >= 0.6 is 0 Å². The molecule has 2 N–H and O–H groups in total. The van der Waals surface area contributed by atoms with Gasteiger partial charge in [0.1, 0.15) is 11.6 Å². The van der Waals surface area contributed by atoms with Crippen molar-refractivity contribution >= 4 is 11.4 Å². The highest BCUT2D eigenvalue weighted by Crippen LogP contribution is 2.15. The third-order valence-corrected chi connectivity index (χ3v) is 4.62. The Kier molecular flexibility index (Phi) is 6.80. The molecular formula is C20H26F2N4. The van der Waals surface area contributed by atoms with E-state index in [4.69, 9.17) is 0 Å². The number of benzene rings is 2. The molecule has 2 fully saturated rings. The molecule has 0 aliphatic carbocycles. The van der Waals surface area contributed by atoms with E-state index in [9.17, 15) is 8.78 Å². The molecule has 2 aromatic carbocycles. The van der Waals surface area contributed by atoms with Gasteiger partial charge in [-0.1, -0.05) is 0 Å². The summed E-state index contributed by atoms with van der Waals surface area (Å²) in [5.74, 6) is -0.335. The summed E-state index contributed by atoms with van der Waals surface area (Å²) < 4.78 is 25.2. The normalized spacial score (nSPS) is 17.5. The van der Waals surface area contributed by atoms with Gasteiger partial charge in [0.25, 0.3) is 0 Å². The molecule has 0 spiro atoms. The van der Waals surface area contributed by atoms with Crippen LogP contribution in [0.25, 0.3) is 0 Å². The standard InChI is InChI=1S/2C10H13FN2/c2*11-9-1-3-10(4-2-9)13-7-5-12-6-8-13/h2*1-4,12H,5-8H2. The van der Waals surface area contributed by atoms with Gasteiger partial charge in [-0.15, -0.1) is 0 Å². The molecule has 2 heterocycles. The van der Waals surface area contributed by atoms with Gasteiger partial charge in [0.15, 0.2) is 0 Å². The van der Waals surface area contributed by atoms with Gasteiger partial charge in [-0.05, 0) is 48.5 Å². The van der Waals surface area contributed by atoms with E-state index in [-0.39, 0.29) is 11.6 Å². The molecule has 4 rings (SSSR count). The first-order chi connectivity index (χ1) is 12.7. The van der Waals surface area contributed by atoms with E-state index in [1.54, 1.807) is 0 Å². The van der Waals surface area contributed by atoms with E-state index < -0.39 is 0 Å². The summed E-state index contributed by atoms with van der Waals surface area (Å²) >= 11 is 0. The van der Waals surface area contributed by atoms with Gasteiger partial charge in [-0.3, -0.25) is 0 Å². The van der Waals surface area contributed by atoms with Crippen molar-refractivity contribution in [3.8, 4) is 0 Å². The molecule has 2 saturated heterocycles. The molecule has 4 nitrogen and oxygen atoms in total. The molecule has 6 heteroatoms. The molecule has 0 unspecified atom stereocenters. The topological polar surface area (TPSA) is 30.5 Å². The maximum atomic E-state index is 12.6. The lowest BCUT2D eigenvalue weighted by atomic mass is 10.2. The molecule has 0 atom stereocenters. The largest absolute Gasteiger partial charge is 0.369 e. The fraction of sp³-hybridized carbons (Fsp3) is 0.400. The second kappa shape index (κ2) is 9.50. The highest BCUT2D eigenvalue weighted by Gasteiger charge is 2.10. The molecule has 0 bridgehead atoms. The fourth-order valence-electron chi connectivity index (χ4n) is 3.15. The van der Waals surface area contributed by atoms with Crippen LogP contribution in [0.5, 0.6) is 0 Å². The Morgan fingerprint density at radius 2 is 0.846 bits per heavy atom. The first kappa shape index (κ1) is 18.6. The van der Waals surface area contributed by atoms with E-state index in [1.807, 2.05) is 24.3 Å². The predicted molar refractivity (Wildman–Crippen MR) is 103 cm³/mol. The van der Waals surface area contributed by atoms with Gasteiger partial charge in [-0.25, -0.2) is 8.78 Å². The second-order valence-electron chi connectivity index (χ2n) is 6.43. The zero-order valence-electron chi connectivity index (χ0n) is 14.9. The maximum absolute atomic E-state index is 12.6. The van der Waals surface area contributed by atoms with Crippen LogP contribution in [0.4, 0.5) is 20.2 Å². The number of nitrogens with one attached hydrogen (secondary N) is 2. The van der Waals surface area contributed by atoms with Gasteiger partial charge in [0.05, 0.1) is 0 Å². The molecule has 0 radical (unpaired) electrons. The van der Waals surface area contributed by atoms with Crippen LogP contribution < -0.4 is 20.4 Å². The Morgan fingerprint density at radius 3 is 1.15 bits per heavy atom. The molecule has 0 amide bonds. The third kappa shape index (κ3) is 5.41. The average molecular weight is 360 g/mol. The minimum Gasteiger partial charge on any atom is -0.369 e. The quantitative estimate of drug-likeness (QED) is 0.861. The third-order valence-electron chi connectivity index (χ3n) is 4.62. The number of anilines is 2. The van der Waals surface area contributed by atoms with Gasteiger partial charge >= 0.3 is 0 Å². The highest BCUT2D eigenvalue weighted by molar-refractivity contribution is 5.47. The van der Waals surface area contributed by atoms with E-state index in [0.29, 0.717) is 0 Å². The van der Waals surface area contributed by atoms with Crippen LogP contribution in [0.15, 0.2) is 48.5 Å². The molecule has 2 aromatic rings. The van der Waals surface area contributed by atoms with Crippen molar-refractivity contribution in [3.63, 3.8) is 0 Å². The first-order valence-electron chi connectivity index (χ1n) is 9.15. The fourth-order valence-corrected chi connectivity index (χ4v) is 3.15. The van der Waals surface area contributed by atoms with Crippen molar-refractivity contribution in [1.29, 1.82) is 0 Å². The van der Waals surface area contributed by atoms with Gasteiger partial charge in [0.2, 0.25) is 0 Å². The summed E-state index contributed by atoms with van der Waals surface area (Å²) in [6, 6.07) is 13.4. The maximum Gasteiger partial charge on any atom is 0.123 e. The van der Waals surface area contributed by atoms with Crippen molar-refractivity contribution in [1.82, 2.24) is 10.6 Å². The first-order valence-corrected chi connectivity index (χ1v) is 9.15. The van der Waals surface area contributed by atoms with Crippen LogP contribution in [-0.4, -0.2) is 52.4 Å². The van der Waals surface area contributed by atoms with Crippen molar-refractivity contribution in [3.05, 3.63) is 60.2 Å². The number of rotatable bonds is 2.